The van der Waals surface area contributed by atoms with Gasteiger partial charge in [0.1, 0.15) is 5.69 Å². The number of benzene rings is 1. The molecule has 4 rings (SSSR count). The number of aryl methyl sites for hydroxylation is 1. The van der Waals surface area contributed by atoms with E-state index in [1.165, 1.54) is 0 Å². The third-order valence-corrected chi connectivity index (χ3v) is 7.11. The van der Waals surface area contributed by atoms with Crippen LogP contribution in [0, 0.1) is 0 Å². The molecule has 1 aromatic carbocycles. The topological polar surface area (TPSA) is 75.5 Å². The minimum atomic E-state index is -3.44. The van der Waals surface area contributed by atoms with Crippen LogP contribution in [0.2, 0.25) is 0 Å². The van der Waals surface area contributed by atoms with Gasteiger partial charge in [-0.3, -0.25) is 9.48 Å². The molecule has 26 heavy (non-hydrogen) atoms. The number of carbonyl (C=O) groups excluding carboxylic acids is 1. The van der Waals surface area contributed by atoms with Crippen molar-refractivity contribution in [2.24, 2.45) is 7.05 Å². The number of fused-ring (bicyclic) bond motifs is 1. The lowest BCUT2D eigenvalue weighted by Gasteiger charge is -2.29. The zero-order chi connectivity index (χ0) is 18.3. The van der Waals surface area contributed by atoms with E-state index in [1.54, 1.807) is 45.3 Å². The summed E-state index contributed by atoms with van der Waals surface area (Å²) in [6.45, 7) is 2.22. The fraction of sp³-hybridized carbons (Fsp3) is 0.444. The fourth-order valence-corrected chi connectivity index (χ4v) is 5.26. The Labute approximate surface area is 153 Å². The van der Waals surface area contributed by atoms with Crippen LogP contribution in [-0.4, -0.2) is 52.9 Å². The van der Waals surface area contributed by atoms with Crippen molar-refractivity contribution < 1.29 is 13.2 Å². The highest BCUT2D eigenvalue weighted by atomic mass is 32.2. The van der Waals surface area contributed by atoms with Gasteiger partial charge < -0.3 is 4.90 Å². The van der Waals surface area contributed by atoms with Crippen LogP contribution in [0.5, 0.6) is 0 Å². The summed E-state index contributed by atoms with van der Waals surface area (Å²) in [6.07, 6.45) is 4.16. The van der Waals surface area contributed by atoms with E-state index in [2.05, 4.69) is 5.10 Å². The third-order valence-electron chi connectivity index (χ3n) is 5.22. The molecule has 1 fully saturated rings. The Bertz CT molecular complexity index is 945. The summed E-state index contributed by atoms with van der Waals surface area (Å²) in [5.74, 6) is -0.0801. The number of aromatic nitrogens is 2. The van der Waals surface area contributed by atoms with Crippen LogP contribution in [0.4, 0.5) is 0 Å². The van der Waals surface area contributed by atoms with Crippen molar-refractivity contribution >= 4 is 15.9 Å². The number of hydrogen-bond acceptors (Lipinski definition) is 4. The van der Waals surface area contributed by atoms with Gasteiger partial charge >= 0.3 is 0 Å². The summed E-state index contributed by atoms with van der Waals surface area (Å²) in [4.78, 5) is 14.8. The monoisotopic (exact) mass is 374 g/mol. The van der Waals surface area contributed by atoms with Gasteiger partial charge in [-0.25, -0.2) is 8.42 Å². The van der Waals surface area contributed by atoms with Gasteiger partial charge in [-0.15, -0.1) is 0 Å². The van der Waals surface area contributed by atoms with E-state index < -0.39 is 10.0 Å². The molecule has 0 radical (unpaired) electrons. The first-order chi connectivity index (χ1) is 12.5. The summed E-state index contributed by atoms with van der Waals surface area (Å²) < 4.78 is 28.7. The van der Waals surface area contributed by atoms with Crippen LogP contribution in [0.15, 0.2) is 35.4 Å². The van der Waals surface area contributed by atoms with Crippen molar-refractivity contribution in [1.29, 1.82) is 0 Å². The Balaban J connectivity index is 1.60. The second kappa shape index (κ2) is 6.51. The molecule has 0 aliphatic carbocycles. The zero-order valence-electron chi connectivity index (χ0n) is 14.8. The quantitative estimate of drug-likeness (QED) is 0.814. The van der Waals surface area contributed by atoms with E-state index >= 15 is 0 Å². The van der Waals surface area contributed by atoms with E-state index in [-0.39, 0.29) is 5.91 Å². The van der Waals surface area contributed by atoms with Crippen LogP contribution in [0.1, 0.15) is 34.5 Å². The molecule has 1 saturated heterocycles. The number of carbonyl (C=O) groups is 1. The Morgan fingerprint density at radius 3 is 2.54 bits per heavy atom. The largest absolute Gasteiger partial charge is 0.333 e. The van der Waals surface area contributed by atoms with Crippen molar-refractivity contribution in [1.82, 2.24) is 19.0 Å². The van der Waals surface area contributed by atoms with Gasteiger partial charge in [0.25, 0.3) is 5.91 Å². The molecule has 0 bridgehead atoms. The van der Waals surface area contributed by atoms with E-state index in [9.17, 15) is 13.2 Å². The normalized spacial score (nSPS) is 18.1. The summed E-state index contributed by atoms with van der Waals surface area (Å²) in [7, 11) is -1.70. The summed E-state index contributed by atoms with van der Waals surface area (Å²) in [5.41, 5.74) is 2.56. The Hall–Kier alpha value is -2.19. The maximum absolute atomic E-state index is 12.8. The molecule has 0 unspecified atom stereocenters. The predicted octanol–water partition coefficient (Wildman–Crippen LogP) is 1.40. The lowest BCUT2D eigenvalue weighted by Crippen LogP contribution is -2.37. The van der Waals surface area contributed by atoms with Gasteiger partial charge in [0.05, 0.1) is 4.90 Å². The highest BCUT2D eigenvalue weighted by Crippen LogP contribution is 2.26. The average Bonchev–Trinajstić information content (AvgIpc) is 3.32. The molecule has 138 valence electrons. The van der Waals surface area contributed by atoms with Crippen molar-refractivity contribution in [3.05, 3.63) is 47.3 Å². The molecule has 2 aromatic rings. The first-order valence-electron chi connectivity index (χ1n) is 8.86. The highest BCUT2D eigenvalue weighted by molar-refractivity contribution is 7.89. The summed E-state index contributed by atoms with van der Waals surface area (Å²) >= 11 is 0. The lowest BCUT2D eigenvalue weighted by atomic mass is 9.99. The second-order valence-corrected chi connectivity index (χ2v) is 8.80. The Kier molecular flexibility index (Phi) is 4.32. The Morgan fingerprint density at radius 1 is 1.08 bits per heavy atom. The fourth-order valence-electron chi connectivity index (χ4n) is 3.69. The van der Waals surface area contributed by atoms with E-state index in [1.807, 2.05) is 6.07 Å². The summed E-state index contributed by atoms with van der Waals surface area (Å²) in [5, 5.41) is 4.05. The van der Waals surface area contributed by atoms with E-state index in [4.69, 9.17) is 0 Å². The Morgan fingerprint density at radius 2 is 1.85 bits per heavy atom. The minimum absolute atomic E-state index is 0.0801. The second-order valence-electron chi connectivity index (χ2n) is 6.86. The van der Waals surface area contributed by atoms with Crippen LogP contribution in [0.3, 0.4) is 0 Å². The molecule has 2 aliphatic rings. The molecule has 0 N–H and O–H groups in total. The maximum Gasteiger partial charge on any atom is 0.272 e. The molecule has 3 heterocycles. The molecule has 1 aromatic heterocycles. The molecule has 8 heteroatoms. The number of sulfonamides is 1. The van der Waals surface area contributed by atoms with Gasteiger partial charge in [-0.1, -0.05) is 6.07 Å². The van der Waals surface area contributed by atoms with Gasteiger partial charge in [-0.2, -0.15) is 9.40 Å². The molecular weight excluding hydrogens is 352 g/mol. The third kappa shape index (κ3) is 2.93. The SMILES string of the molecule is Cn1nccc1C(=O)N1CCc2ccc(S(=O)(=O)N3CCCC3)cc2C1. The van der Waals surface area contributed by atoms with Crippen LogP contribution in [-0.2, 0) is 30.0 Å². The predicted molar refractivity (Wildman–Crippen MR) is 96.1 cm³/mol. The molecule has 0 spiro atoms. The smallest absolute Gasteiger partial charge is 0.272 e. The first kappa shape index (κ1) is 17.2. The van der Waals surface area contributed by atoms with Gasteiger partial charge in [0.2, 0.25) is 10.0 Å². The van der Waals surface area contributed by atoms with Crippen molar-refractivity contribution in [3.8, 4) is 0 Å². The molecule has 0 atom stereocenters. The number of nitrogens with zero attached hydrogens (tertiary/aromatic N) is 4. The lowest BCUT2D eigenvalue weighted by molar-refractivity contribution is 0.0723. The number of rotatable bonds is 3. The average molecular weight is 374 g/mol. The zero-order valence-corrected chi connectivity index (χ0v) is 15.6. The summed E-state index contributed by atoms with van der Waals surface area (Å²) in [6, 6.07) is 7.03. The van der Waals surface area contributed by atoms with Crippen LogP contribution >= 0.6 is 0 Å². The maximum atomic E-state index is 12.8. The van der Waals surface area contributed by atoms with Gasteiger partial charge in [0, 0.05) is 39.4 Å². The molecule has 0 saturated carbocycles. The van der Waals surface area contributed by atoms with E-state index in [0.29, 0.717) is 36.8 Å². The number of amides is 1. The van der Waals surface area contributed by atoms with Crippen molar-refractivity contribution in [3.63, 3.8) is 0 Å². The van der Waals surface area contributed by atoms with Crippen molar-refractivity contribution in [2.45, 2.75) is 30.7 Å². The van der Waals surface area contributed by atoms with Crippen molar-refractivity contribution in [2.75, 3.05) is 19.6 Å². The standard InChI is InChI=1S/C18H22N4O3S/c1-20-17(6-8-19-20)18(23)21-11-7-14-4-5-16(12-15(14)13-21)26(24,25)22-9-2-3-10-22/h4-6,8,12H,2-3,7,9-11,13H2,1H3. The molecular formula is C18H22N4O3S. The first-order valence-corrected chi connectivity index (χ1v) is 10.3. The highest BCUT2D eigenvalue weighted by Gasteiger charge is 2.29. The van der Waals surface area contributed by atoms with Gasteiger partial charge in [-0.05, 0) is 48.6 Å². The van der Waals surface area contributed by atoms with Crippen LogP contribution < -0.4 is 0 Å². The molecule has 1 amide bonds. The van der Waals surface area contributed by atoms with Crippen LogP contribution in [0.25, 0.3) is 0 Å². The van der Waals surface area contributed by atoms with Gasteiger partial charge in [0.15, 0.2) is 0 Å². The van der Waals surface area contributed by atoms with E-state index in [0.717, 1.165) is 30.4 Å². The minimum Gasteiger partial charge on any atom is -0.333 e. The molecule has 7 nitrogen and oxygen atoms in total. The molecule has 2 aliphatic heterocycles. The number of hydrogen-bond donors (Lipinski definition) is 0.